The number of aliphatic hydroxyl groups excluding tert-OH is 1. The number of nitrogens with zero attached hydrogens (tertiary/aromatic N) is 2. The van der Waals surface area contributed by atoms with E-state index in [1.54, 1.807) is 12.1 Å². The van der Waals surface area contributed by atoms with Crippen molar-refractivity contribution in [3.05, 3.63) is 99.9 Å². The van der Waals surface area contributed by atoms with Gasteiger partial charge >= 0.3 is 0 Å². The molecule has 0 bridgehead atoms. The molecule has 3 aliphatic rings. The molecule has 12 heteroatoms. The van der Waals surface area contributed by atoms with E-state index in [0.717, 1.165) is 50.1 Å². The van der Waals surface area contributed by atoms with Gasteiger partial charge in [0.15, 0.2) is 29.6 Å². The molecule has 5 atom stereocenters. The molecule has 3 saturated heterocycles. The first-order valence-corrected chi connectivity index (χ1v) is 16.0. The largest absolute Gasteiger partial charge is 0.392 e. The number of aliphatic hydroxyl groups is 1. The summed E-state index contributed by atoms with van der Waals surface area (Å²) >= 11 is 0. The molecule has 7 nitrogen and oxygen atoms in total. The summed E-state index contributed by atoms with van der Waals surface area (Å²) in [5.41, 5.74) is 0.628. The Morgan fingerprint density at radius 3 is 2.21 bits per heavy atom. The molecule has 3 aromatic carbocycles. The molecule has 0 spiro atoms. The zero-order chi connectivity index (χ0) is 33.2. The maximum atomic E-state index is 14.3. The summed E-state index contributed by atoms with van der Waals surface area (Å²) in [5, 5.41) is 11.8. The Hall–Kier alpha value is -3.42. The van der Waals surface area contributed by atoms with Crippen LogP contribution in [0.2, 0.25) is 0 Å². The van der Waals surface area contributed by atoms with Crippen LogP contribution in [0.5, 0.6) is 0 Å². The monoisotopic (exact) mass is 659 g/mol. The molecule has 0 saturated carbocycles. The van der Waals surface area contributed by atoms with Crippen LogP contribution in [0.25, 0.3) is 0 Å². The number of benzene rings is 3. The second-order valence-corrected chi connectivity index (χ2v) is 12.6. The molecule has 0 aliphatic carbocycles. The molecule has 0 radical (unpaired) electrons. The van der Waals surface area contributed by atoms with Crippen LogP contribution >= 0.6 is 0 Å². The maximum absolute atomic E-state index is 14.3. The minimum absolute atomic E-state index is 0.0490. The van der Waals surface area contributed by atoms with Gasteiger partial charge in [0.2, 0.25) is 5.82 Å². The van der Waals surface area contributed by atoms with Crippen LogP contribution in [0.15, 0.2) is 48.5 Å². The predicted molar refractivity (Wildman–Crippen MR) is 164 cm³/mol. The van der Waals surface area contributed by atoms with Crippen molar-refractivity contribution in [3.8, 4) is 0 Å². The first-order chi connectivity index (χ1) is 22.6. The number of halogens is 5. The Balaban J connectivity index is 1.25. The summed E-state index contributed by atoms with van der Waals surface area (Å²) in [6.07, 6.45) is 3.15. The van der Waals surface area contributed by atoms with Crippen molar-refractivity contribution < 1.29 is 41.3 Å². The van der Waals surface area contributed by atoms with Crippen molar-refractivity contribution in [1.82, 2.24) is 9.80 Å². The van der Waals surface area contributed by atoms with Crippen molar-refractivity contribution in [3.63, 3.8) is 0 Å². The maximum Gasteiger partial charge on any atom is 0.261 e. The van der Waals surface area contributed by atoms with E-state index in [9.17, 15) is 31.9 Å². The Morgan fingerprint density at radius 2 is 1.53 bits per heavy atom. The molecule has 0 aromatic heterocycles. The van der Waals surface area contributed by atoms with E-state index < -0.39 is 53.0 Å². The number of anilines is 1. The fraction of sp³-hybridized carbons (Fsp3) is 0.457. The number of carbonyl (C=O) groups excluding carboxylic acids is 1. The minimum Gasteiger partial charge on any atom is -0.392 e. The normalized spacial score (nSPS) is 25.4. The zero-order valence-corrected chi connectivity index (χ0v) is 26.0. The lowest BCUT2D eigenvalue weighted by molar-refractivity contribution is -0.276. The summed E-state index contributed by atoms with van der Waals surface area (Å²) < 4.78 is 82.8. The lowest BCUT2D eigenvalue weighted by atomic mass is 9.90. The highest BCUT2D eigenvalue weighted by molar-refractivity contribution is 6.04. The van der Waals surface area contributed by atoms with E-state index in [1.165, 1.54) is 25.0 Å². The SMILES string of the molecule is C[C@H]1[C@@H](CN2CCC[C@H]2CN2CCCC2)O[C@@H](c2cccc(NC(=O)c3c(F)c(F)c(F)c(F)c3F)c2)O[C@H]1c1ccc(CO)cc1. The Labute approximate surface area is 270 Å². The van der Waals surface area contributed by atoms with E-state index in [1.807, 2.05) is 24.3 Å². The minimum atomic E-state index is -2.34. The van der Waals surface area contributed by atoms with Crippen LogP contribution in [0, 0.1) is 35.0 Å². The number of carbonyl (C=O) groups is 1. The summed E-state index contributed by atoms with van der Waals surface area (Å²) in [5.74, 6) is -12.7. The molecule has 3 aliphatic heterocycles. The highest BCUT2D eigenvalue weighted by atomic mass is 19.2. The van der Waals surface area contributed by atoms with Crippen LogP contribution in [0.4, 0.5) is 27.6 Å². The number of likely N-dealkylation sites (tertiary alicyclic amines) is 2. The van der Waals surface area contributed by atoms with Crippen molar-refractivity contribution in [2.24, 2.45) is 5.92 Å². The summed E-state index contributed by atoms with van der Waals surface area (Å²) in [7, 11) is 0. The summed E-state index contributed by atoms with van der Waals surface area (Å²) in [4.78, 5) is 17.8. The Morgan fingerprint density at radius 1 is 0.851 bits per heavy atom. The molecule has 6 rings (SSSR count). The second-order valence-electron chi connectivity index (χ2n) is 12.6. The number of nitrogens with one attached hydrogen (secondary N) is 1. The van der Waals surface area contributed by atoms with E-state index >= 15 is 0 Å². The average Bonchev–Trinajstić information content (AvgIpc) is 3.76. The third kappa shape index (κ3) is 7.07. The van der Waals surface area contributed by atoms with Gasteiger partial charge < -0.3 is 24.8 Å². The first kappa shape index (κ1) is 33.5. The van der Waals surface area contributed by atoms with Gasteiger partial charge in [-0.25, -0.2) is 22.0 Å². The number of hydrogen-bond donors (Lipinski definition) is 2. The highest BCUT2D eigenvalue weighted by Crippen LogP contribution is 2.43. The van der Waals surface area contributed by atoms with Crippen LogP contribution in [-0.2, 0) is 16.1 Å². The Kier molecular flexibility index (Phi) is 10.2. The molecular formula is C35H38F5N3O4. The number of rotatable bonds is 9. The second kappa shape index (κ2) is 14.4. The van der Waals surface area contributed by atoms with Crippen LogP contribution in [-0.4, -0.2) is 65.7 Å². The van der Waals surface area contributed by atoms with Crippen molar-refractivity contribution in [1.29, 1.82) is 0 Å². The van der Waals surface area contributed by atoms with Crippen molar-refractivity contribution in [2.75, 3.05) is 38.0 Å². The van der Waals surface area contributed by atoms with E-state index in [2.05, 4.69) is 22.0 Å². The fourth-order valence-electron chi connectivity index (χ4n) is 6.93. The van der Waals surface area contributed by atoms with Crippen LogP contribution < -0.4 is 5.32 Å². The standard InChI is InChI=1S/C35H38F5N3O4/c1-20-26(18-43-15-5-8-25(43)17-42-13-2-3-14-42)46-35(47-33(20)22-11-9-21(19-44)10-12-22)23-6-4-7-24(16-23)41-34(45)27-28(36)30(38)32(40)31(39)29(27)37/h4,6-7,9-12,16,20,25-26,33,35,44H,2-3,5,8,13-15,17-19H2,1H3,(H,41,45)/t20-,25-,26+,33+,35+/m0/s1. The zero-order valence-electron chi connectivity index (χ0n) is 26.0. The fourth-order valence-corrected chi connectivity index (χ4v) is 6.93. The first-order valence-electron chi connectivity index (χ1n) is 16.0. The number of hydrogen-bond acceptors (Lipinski definition) is 6. The number of amides is 1. The lowest BCUT2D eigenvalue weighted by Gasteiger charge is -2.43. The third-order valence-corrected chi connectivity index (χ3v) is 9.56. The third-order valence-electron chi connectivity index (χ3n) is 9.56. The van der Waals surface area contributed by atoms with Crippen molar-refractivity contribution in [2.45, 2.75) is 63.8 Å². The smallest absolute Gasteiger partial charge is 0.261 e. The van der Waals surface area contributed by atoms with E-state index in [-0.39, 0.29) is 24.3 Å². The summed E-state index contributed by atoms with van der Waals surface area (Å²) in [6.45, 7) is 6.91. The van der Waals surface area contributed by atoms with Gasteiger partial charge in [-0.1, -0.05) is 43.3 Å². The van der Waals surface area contributed by atoms with Crippen molar-refractivity contribution >= 4 is 11.6 Å². The van der Waals surface area contributed by atoms with Gasteiger partial charge in [-0.2, -0.15) is 0 Å². The highest BCUT2D eigenvalue weighted by Gasteiger charge is 2.41. The van der Waals surface area contributed by atoms with Gasteiger partial charge in [-0.3, -0.25) is 9.69 Å². The molecule has 1 amide bonds. The quantitative estimate of drug-likeness (QED) is 0.156. The van der Waals surface area contributed by atoms with Gasteiger partial charge in [0, 0.05) is 36.3 Å². The molecule has 3 fully saturated rings. The predicted octanol–water partition coefficient (Wildman–Crippen LogP) is 6.48. The van der Waals surface area contributed by atoms with E-state index in [0.29, 0.717) is 18.2 Å². The van der Waals surface area contributed by atoms with Gasteiger partial charge in [-0.15, -0.1) is 0 Å². The molecule has 252 valence electrons. The van der Waals surface area contributed by atoms with Gasteiger partial charge in [0.25, 0.3) is 5.91 Å². The molecule has 3 heterocycles. The average molecular weight is 660 g/mol. The van der Waals surface area contributed by atoms with Crippen LogP contribution in [0.1, 0.15) is 72.0 Å². The lowest BCUT2D eigenvalue weighted by Crippen LogP contribution is -2.48. The number of ether oxygens (including phenoxy) is 2. The Bertz CT molecular complexity index is 1560. The van der Waals surface area contributed by atoms with Gasteiger partial charge in [0.05, 0.1) is 18.8 Å². The molecule has 2 N–H and O–H groups in total. The van der Waals surface area contributed by atoms with Gasteiger partial charge in [-0.05, 0) is 68.6 Å². The van der Waals surface area contributed by atoms with E-state index in [4.69, 9.17) is 9.47 Å². The summed E-state index contributed by atoms with van der Waals surface area (Å²) in [6, 6.07) is 14.1. The molecule has 47 heavy (non-hydrogen) atoms. The van der Waals surface area contributed by atoms with Crippen LogP contribution in [0.3, 0.4) is 0 Å². The molecule has 3 aromatic rings. The topological polar surface area (TPSA) is 74.3 Å². The van der Waals surface area contributed by atoms with Gasteiger partial charge in [0.1, 0.15) is 5.56 Å². The molecule has 0 unspecified atom stereocenters. The molecular weight excluding hydrogens is 621 g/mol.